The average Bonchev–Trinajstić information content (AvgIpc) is 2.78. The molecule has 3 atom stereocenters. The predicted molar refractivity (Wildman–Crippen MR) is 89.0 cm³/mol. The maximum atomic E-state index is 12.7. The molecule has 0 saturated carbocycles. The van der Waals surface area contributed by atoms with E-state index in [0.717, 1.165) is 0 Å². The van der Waals surface area contributed by atoms with Gasteiger partial charge in [-0.1, -0.05) is 41.5 Å². The Hall–Kier alpha value is -1.14. The Labute approximate surface area is 144 Å². The van der Waals surface area contributed by atoms with Gasteiger partial charge in [-0.05, 0) is 24.2 Å². The molecule has 24 heavy (non-hydrogen) atoms. The van der Waals surface area contributed by atoms with Crippen LogP contribution in [0.2, 0.25) is 0 Å². The van der Waals surface area contributed by atoms with Gasteiger partial charge in [-0.15, -0.1) is 0 Å². The van der Waals surface area contributed by atoms with Crippen molar-refractivity contribution in [1.29, 1.82) is 0 Å². The molecule has 1 rings (SSSR count). The highest BCUT2D eigenvalue weighted by Gasteiger charge is 2.48. The molecule has 1 saturated heterocycles. The first-order valence-corrected chi connectivity index (χ1v) is 8.43. The molecule has 0 aromatic heterocycles. The van der Waals surface area contributed by atoms with Gasteiger partial charge in [-0.2, -0.15) is 0 Å². The second kappa shape index (κ2) is 7.40. The molecule has 0 aromatic rings. The van der Waals surface area contributed by atoms with E-state index in [1.807, 2.05) is 27.7 Å². The molecule has 0 bridgehead atoms. The first-order chi connectivity index (χ1) is 10.8. The number of carbonyl (C=O) groups excluding carboxylic acids is 2. The van der Waals surface area contributed by atoms with Crippen molar-refractivity contribution < 1.29 is 28.9 Å². The van der Waals surface area contributed by atoms with Gasteiger partial charge in [0.2, 0.25) is 0 Å². The third kappa shape index (κ3) is 5.45. The standard InChI is InChI=1S/C18H32O6/c1-16(2,3)11-18(7,17(4,5)6)15(21)23-10-13(19)24-12-8-9-22-14(12)20/h12,14,20H,8-11H2,1-7H3. The molecule has 0 aliphatic carbocycles. The van der Waals surface area contributed by atoms with Crippen molar-refractivity contribution in [1.82, 2.24) is 0 Å². The first kappa shape index (κ1) is 20.9. The van der Waals surface area contributed by atoms with Crippen LogP contribution in [0.1, 0.15) is 61.3 Å². The quantitative estimate of drug-likeness (QED) is 0.772. The molecule has 1 aliphatic heterocycles. The van der Waals surface area contributed by atoms with Gasteiger partial charge in [0.15, 0.2) is 19.0 Å². The Morgan fingerprint density at radius 1 is 1.12 bits per heavy atom. The zero-order chi connectivity index (χ0) is 18.8. The Balaban J connectivity index is 2.67. The average molecular weight is 344 g/mol. The summed E-state index contributed by atoms with van der Waals surface area (Å²) < 4.78 is 15.2. The maximum Gasteiger partial charge on any atom is 0.344 e. The van der Waals surface area contributed by atoms with E-state index in [0.29, 0.717) is 19.4 Å². The summed E-state index contributed by atoms with van der Waals surface area (Å²) in [6, 6.07) is 0. The first-order valence-electron chi connectivity index (χ1n) is 8.43. The highest BCUT2D eigenvalue weighted by molar-refractivity contribution is 5.81. The van der Waals surface area contributed by atoms with Crippen LogP contribution in [-0.4, -0.2) is 42.7 Å². The number of ether oxygens (including phenoxy) is 3. The van der Waals surface area contributed by atoms with E-state index >= 15 is 0 Å². The lowest BCUT2D eigenvalue weighted by atomic mass is 9.61. The number of carbonyl (C=O) groups is 2. The van der Waals surface area contributed by atoms with Gasteiger partial charge in [0.25, 0.3) is 0 Å². The van der Waals surface area contributed by atoms with Gasteiger partial charge < -0.3 is 19.3 Å². The van der Waals surface area contributed by atoms with Gasteiger partial charge in [0.05, 0.1) is 12.0 Å². The SMILES string of the molecule is CC(C)(C)CC(C)(C(=O)OCC(=O)OC1CCOC1O)C(C)(C)C. The van der Waals surface area contributed by atoms with Crippen LogP contribution in [0.15, 0.2) is 0 Å². The molecule has 1 fully saturated rings. The van der Waals surface area contributed by atoms with Gasteiger partial charge in [0, 0.05) is 6.42 Å². The highest BCUT2D eigenvalue weighted by atomic mass is 16.7. The van der Waals surface area contributed by atoms with E-state index in [-0.39, 0.29) is 10.8 Å². The second-order valence-electron chi connectivity index (χ2n) is 8.97. The Kier molecular flexibility index (Phi) is 6.44. The third-order valence-corrected chi connectivity index (χ3v) is 4.60. The second-order valence-corrected chi connectivity index (χ2v) is 8.97. The van der Waals surface area contributed by atoms with E-state index in [2.05, 4.69) is 20.8 Å². The maximum absolute atomic E-state index is 12.7. The fourth-order valence-electron chi connectivity index (χ4n) is 2.86. The lowest BCUT2D eigenvalue weighted by molar-refractivity contribution is -0.180. The Morgan fingerprint density at radius 2 is 1.71 bits per heavy atom. The molecule has 1 aliphatic rings. The molecule has 0 aromatic carbocycles. The van der Waals surface area contributed by atoms with Crippen LogP contribution in [0.3, 0.4) is 0 Å². The molecule has 3 unspecified atom stereocenters. The van der Waals surface area contributed by atoms with Crippen molar-refractivity contribution in [2.45, 2.75) is 73.7 Å². The normalized spacial score (nSPS) is 24.3. The summed E-state index contributed by atoms with van der Waals surface area (Å²) >= 11 is 0. The predicted octanol–water partition coefficient (Wildman–Crippen LogP) is 2.67. The molecule has 1 heterocycles. The van der Waals surface area contributed by atoms with Crippen LogP contribution in [0, 0.1) is 16.2 Å². The van der Waals surface area contributed by atoms with Crippen molar-refractivity contribution in [3.63, 3.8) is 0 Å². The Bertz CT molecular complexity index is 459. The summed E-state index contributed by atoms with van der Waals surface area (Å²) in [4.78, 5) is 24.5. The minimum absolute atomic E-state index is 0.0626. The van der Waals surface area contributed by atoms with Crippen LogP contribution < -0.4 is 0 Å². The fraction of sp³-hybridized carbons (Fsp3) is 0.889. The van der Waals surface area contributed by atoms with E-state index < -0.39 is 36.4 Å². The highest BCUT2D eigenvalue weighted by Crippen LogP contribution is 2.47. The number of aliphatic hydroxyl groups is 1. The summed E-state index contributed by atoms with van der Waals surface area (Å²) in [5.74, 6) is -1.09. The number of rotatable bonds is 5. The lowest BCUT2D eigenvalue weighted by Crippen LogP contribution is -2.45. The van der Waals surface area contributed by atoms with Gasteiger partial charge in [0.1, 0.15) is 0 Å². The smallest absolute Gasteiger partial charge is 0.344 e. The summed E-state index contributed by atoms with van der Waals surface area (Å²) in [5.41, 5.74) is -1.12. The molecule has 0 amide bonds. The van der Waals surface area contributed by atoms with Crippen LogP contribution in [-0.2, 0) is 23.8 Å². The van der Waals surface area contributed by atoms with Gasteiger partial charge >= 0.3 is 11.9 Å². The number of hydrogen-bond donors (Lipinski definition) is 1. The summed E-state index contributed by atoms with van der Waals surface area (Å²) in [7, 11) is 0. The Morgan fingerprint density at radius 3 is 2.12 bits per heavy atom. The van der Waals surface area contributed by atoms with E-state index in [4.69, 9.17) is 14.2 Å². The molecular weight excluding hydrogens is 312 g/mol. The number of aliphatic hydroxyl groups excluding tert-OH is 1. The molecule has 140 valence electrons. The van der Waals surface area contributed by atoms with Crippen molar-refractivity contribution >= 4 is 11.9 Å². The minimum atomic E-state index is -1.11. The van der Waals surface area contributed by atoms with E-state index in [1.165, 1.54) is 0 Å². The summed E-state index contributed by atoms with van der Waals surface area (Å²) in [6.07, 6.45) is -0.734. The zero-order valence-corrected chi connectivity index (χ0v) is 16.0. The van der Waals surface area contributed by atoms with Crippen molar-refractivity contribution in [3.8, 4) is 0 Å². The van der Waals surface area contributed by atoms with Crippen LogP contribution in [0.5, 0.6) is 0 Å². The topological polar surface area (TPSA) is 82.1 Å². The number of esters is 2. The molecule has 6 nitrogen and oxygen atoms in total. The van der Waals surface area contributed by atoms with Gasteiger partial charge in [-0.3, -0.25) is 4.79 Å². The molecule has 6 heteroatoms. The summed E-state index contributed by atoms with van der Waals surface area (Å²) in [6.45, 7) is 13.9. The molecule has 0 spiro atoms. The summed E-state index contributed by atoms with van der Waals surface area (Å²) in [5, 5.41) is 9.47. The van der Waals surface area contributed by atoms with Crippen molar-refractivity contribution in [2.24, 2.45) is 16.2 Å². The lowest BCUT2D eigenvalue weighted by Gasteiger charge is -2.43. The molecular formula is C18H32O6. The third-order valence-electron chi connectivity index (χ3n) is 4.60. The monoisotopic (exact) mass is 344 g/mol. The van der Waals surface area contributed by atoms with E-state index in [9.17, 15) is 14.7 Å². The van der Waals surface area contributed by atoms with Crippen molar-refractivity contribution in [3.05, 3.63) is 0 Å². The minimum Gasteiger partial charge on any atom is -0.454 e. The van der Waals surface area contributed by atoms with Crippen molar-refractivity contribution in [2.75, 3.05) is 13.2 Å². The zero-order valence-electron chi connectivity index (χ0n) is 16.0. The van der Waals surface area contributed by atoms with Crippen LogP contribution in [0.25, 0.3) is 0 Å². The van der Waals surface area contributed by atoms with Crippen LogP contribution in [0.4, 0.5) is 0 Å². The molecule has 1 N–H and O–H groups in total. The van der Waals surface area contributed by atoms with Crippen LogP contribution >= 0.6 is 0 Å². The number of hydrogen-bond acceptors (Lipinski definition) is 6. The molecule has 0 radical (unpaired) electrons. The van der Waals surface area contributed by atoms with E-state index in [1.54, 1.807) is 0 Å². The van der Waals surface area contributed by atoms with Gasteiger partial charge in [-0.25, -0.2) is 4.79 Å². The largest absolute Gasteiger partial charge is 0.454 e. The fourth-order valence-corrected chi connectivity index (χ4v) is 2.86.